The maximum Gasteiger partial charge on any atom is 0.374 e. The minimum Gasteiger partial charge on any atom is -0.457 e. The highest BCUT2D eigenvalue weighted by Gasteiger charge is 2.20. The lowest BCUT2D eigenvalue weighted by Crippen LogP contribution is -2.14. The van der Waals surface area contributed by atoms with Gasteiger partial charge < -0.3 is 9.15 Å². The fraction of sp³-hybridized carbons (Fsp3) is 0.231. The SMILES string of the molecule is CC(C)OC(=O)c1cc(=O)c2c([N+](=O)[O-])cccc2o1. The fourth-order valence-electron chi connectivity index (χ4n) is 1.72. The van der Waals surface area contributed by atoms with Crippen LogP contribution in [-0.2, 0) is 4.74 Å². The van der Waals surface area contributed by atoms with Crippen LogP contribution in [0.25, 0.3) is 11.0 Å². The van der Waals surface area contributed by atoms with Crippen LogP contribution in [-0.4, -0.2) is 17.0 Å². The van der Waals surface area contributed by atoms with Crippen molar-refractivity contribution in [3.63, 3.8) is 0 Å². The van der Waals surface area contributed by atoms with Gasteiger partial charge in [0.2, 0.25) is 11.2 Å². The van der Waals surface area contributed by atoms with Crippen molar-refractivity contribution >= 4 is 22.6 Å². The van der Waals surface area contributed by atoms with Crippen LogP contribution < -0.4 is 5.43 Å². The zero-order valence-electron chi connectivity index (χ0n) is 10.8. The van der Waals surface area contributed by atoms with Gasteiger partial charge in [-0.15, -0.1) is 0 Å². The number of esters is 1. The minimum atomic E-state index is -0.787. The van der Waals surface area contributed by atoms with Crippen LogP contribution >= 0.6 is 0 Å². The molecule has 0 atom stereocenters. The number of nitrogens with zero attached hydrogens (tertiary/aromatic N) is 1. The van der Waals surface area contributed by atoms with Gasteiger partial charge in [-0.25, -0.2) is 4.79 Å². The van der Waals surface area contributed by atoms with Crippen LogP contribution in [0.3, 0.4) is 0 Å². The topological polar surface area (TPSA) is 99.7 Å². The van der Waals surface area contributed by atoms with Gasteiger partial charge in [0.15, 0.2) is 0 Å². The Morgan fingerprint density at radius 1 is 1.40 bits per heavy atom. The number of carbonyl (C=O) groups excluding carboxylic acids is 1. The molecule has 7 heteroatoms. The summed E-state index contributed by atoms with van der Waals surface area (Å²) in [6.45, 7) is 3.31. The van der Waals surface area contributed by atoms with Crippen molar-refractivity contribution in [2.24, 2.45) is 0 Å². The largest absolute Gasteiger partial charge is 0.457 e. The summed E-state index contributed by atoms with van der Waals surface area (Å²) in [4.78, 5) is 33.8. The van der Waals surface area contributed by atoms with E-state index in [4.69, 9.17) is 9.15 Å². The van der Waals surface area contributed by atoms with Crippen molar-refractivity contribution in [1.82, 2.24) is 0 Å². The Morgan fingerprint density at radius 2 is 2.10 bits per heavy atom. The number of fused-ring (bicyclic) bond motifs is 1. The van der Waals surface area contributed by atoms with Gasteiger partial charge in [0, 0.05) is 12.1 Å². The van der Waals surface area contributed by atoms with Gasteiger partial charge in [0.1, 0.15) is 11.0 Å². The maximum absolute atomic E-state index is 11.9. The number of non-ortho nitro benzene ring substituents is 1. The third kappa shape index (κ3) is 2.51. The van der Waals surface area contributed by atoms with E-state index in [0.717, 1.165) is 6.07 Å². The van der Waals surface area contributed by atoms with E-state index >= 15 is 0 Å². The fourth-order valence-corrected chi connectivity index (χ4v) is 1.72. The van der Waals surface area contributed by atoms with Crippen LogP contribution in [0, 0.1) is 10.1 Å². The second-order valence-corrected chi connectivity index (χ2v) is 4.34. The normalized spacial score (nSPS) is 10.8. The summed E-state index contributed by atoms with van der Waals surface area (Å²) >= 11 is 0. The molecule has 1 aromatic carbocycles. The van der Waals surface area contributed by atoms with E-state index in [-0.39, 0.29) is 28.5 Å². The zero-order chi connectivity index (χ0) is 14.9. The van der Waals surface area contributed by atoms with Crippen molar-refractivity contribution in [3.8, 4) is 0 Å². The number of carbonyl (C=O) groups is 1. The Labute approximate surface area is 112 Å². The molecule has 1 heterocycles. The second-order valence-electron chi connectivity index (χ2n) is 4.34. The van der Waals surface area contributed by atoms with Crippen LogP contribution in [0.1, 0.15) is 24.4 Å². The predicted octanol–water partition coefficient (Wildman–Crippen LogP) is 2.27. The molecule has 2 rings (SSSR count). The average Bonchev–Trinajstić information content (AvgIpc) is 2.36. The Kier molecular flexibility index (Phi) is 3.51. The molecule has 20 heavy (non-hydrogen) atoms. The zero-order valence-corrected chi connectivity index (χ0v) is 10.8. The monoisotopic (exact) mass is 277 g/mol. The Balaban J connectivity index is 2.63. The number of hydrogen-bond acceptors (Lipinski definition) is 6. The summed E-state index contributed by atoms with van der Waals surface area (Å²) in [5.41, 5.74) is -1.04. The number of nitro benzene ring substituents is 1. The van der Waals surface area contributed by atoms with E-state index in [1.807, 2.05) is 0 Å². The molecule has 0 aliphatic heterocycles. The number of nitro groups is 1. The summed E-state index contributed by atoms with van der Waals surface area (Å²) in [6, 6.07) is 4.86. The number of rotatable bonds is 3. The van der Waals surface area contributed by atoms with E-state index in [1.165, 1.54) is 18.2 Å². The smallest absolute Gasteiger partial charge is 0.374 e. The molecule has 0 N–H and O–H groups in total. The number of hydrogen-bond donors (Lipinski definition) is 0. The molecule has 0 aliphatic carbocycles. The van der Waals surface area contributed by atoms with Gasteiger partial charge in [-0.1, -0.05) is 6.07 Å². The summed E-state index contributed by atoms with van der Waals surface area (Å²) < 4.78 is 10.1. The van der Waals surface area contributed by atoms with Crippen LogP contribution in [0.5, 0.6) is 0 Å². The molecule has 1 aromatic heterocycles. The lowest BCUT2D eigenvalue weighted by Gasteiger charge is -2.07. The number of benzene rings is 1. The third-order valence-electron chi connectivity index (χ3n) is 2.47. The first-order chi connectivity index (χ1) is 9.40. The van der Waals surface area contributed by atoms with Gasteiger partial charge in [-0.05, 0) is 19.9 Å². The van der Waals surface area contributed by atoms with E-state index in [9.17, 15) is 19.7 Å². The Bertz CT molecular complexity index is 746. The second kappa shape index (κ2) is 5.12. The lowest BCUT2D eigenvalue weighted by molar-refractivity contribution is -0.383. The number of ether oxygens (including phenoxy) is 1. The first-order valence-electron chi connectivity index (χ1n) is 5.82. The lowest BCUT2D eigenvalue weighted by atomic mass is 10.2. The quantitative estimate of drug-likeness (QED) is 0.484. The van der Waals surface area contributed by atoms with Gasteiger partial charge in [0.25, 0.3) is 5.69 Å². The average molecular weight is 277 g/mol. The Morgan fingerprint density at radius 3 is 2.70 bits per heavy atom. The van der Waals surface area contributed by atoms with Crippen LogP contribution in [0.15, 0.2) is 33.5 Å². The molecule has 0 amide bonds. The third-order valence-corrected chi connectivity index (χ3v) is 2.47. The van der Waals surface area contributed by atoms with Gasteiger partial charge in [-0.3, -0.25) is 14.9 Å². The van der Waals surface area contributed by atoms with E-state index in [1.54, 1.807) is 13.8 Å². The summed E-state index contributed by atoms with van der Waals surface area (Å²) in [5.74, 6) is -1.07. The molecule has 0 aliphatic rings. The highest BCUT2D eigenvalue weighted by atomic mass is 16.6. The molecule has 7 nitrogen and oxygen atoms in total. The predicted molar refractivity (Wildman–Crippen MR) is 69.7 cm³/mol. The summed E-state index contributed by atoms with van der Waals surface area (Å²) in [6.07, 6.45) is -0.367. The van der Waals surface area contributed by atoms with E-state index in [2.05, 4.69) is 0 Å². The van der Waals surface area contributed by atoms with Crippen LogP contribution in [0.2, 0.25) is 0 Å². The van der Waals surface area contributed by atoms with Gasteiger partial charge >= 0.3 is 5.97 Å². The minimum absolute atomic E-state index is 0.0255. The molecule has 104 valence electrons. The molecular weight excluding hydrogens is 266 g/mol. The molecule has 0 spiro atoms. The summed E-state index contributed by atoms with van der Waals surface area (Å²) in [5, 5.41) is 10.7. The van der Waals surface area contributed by atoms with Crippen molar-refractivity contribution in [3.05, 3.63) is 50.4 Å². The van der Waals surface area contributed by atoms with Crippen molar-refractivity contribution in [2.75, 3.05) is 0 Å². The first-order valence-corrected chi connectivity index (χ1v) is 5.82. The van der Waals surface area contributed by atoms with Crippen LogP contribution in [0.4, 0.5) is 5.69 Å². The molecule has 0 bridgehead atoms. The van der Waals surface area contributed by atoms with E-state index in [0.29, 0.717) is 0 Å². The van der Waals surface area contributed by atoms with E-state index < -0.39 is 16.3 Å². The molecule has 0 unspecified atom stereocenters. The van der Waals surface area contributed by atoms with Gasteiger partial charge in [0.05, 0.1) is 11.0 Å². The van der Waals surface area contributed by atoms with Gasteiger partial charge in [-0.2, -0.15) is 0 Å². The molecule has 0 saturated carbocycles. The highest BCUT2D eigenvalue weighted by molar-refractivity contribution is 5.91. The van der Waals surface area contributed by atoms with Crippen molar-refractivity contribution in [2.45, 2.75) is 20.0 Å². The first kappa shape index (κ1) is 13.7. The van der Waals surface area contributed by atoms with Crippen molar-refractivity contribution in [1.29, 1.82) is 0 Å². The Hall–Kier alpha value is -2.70. The molecule has 0 fully saturated rings. The maximum atomic E-state index is 11.9. The highest BCUT2D eigenvalue weighted by Crippen LogP contribution is 2.23. The molecular formula is C13H11NO6. The standard InChI is InChI=1S/C13H11NO6/c1-7(2)19-13(16)11-6-9(15)12-8(14(17)18)4-3-5-10(12)20-11/h3-7H,1-2H3. The molecule has 2 aromatic rings. The summed E-state index contributed by atoms with van der Waals surface area (Å²) in [7, 11) is 0. The molecule has 0 saturated heterocycles. The van der Waals surface area contributed by atoms with Crippen molar-refractivity contribution < 1.29 is 18.9 Å². The molecule has 0 radical (unpaired) electrons.